The molecule has 0 radical (unpaired) electrons. The largest absolute Gasteiger partial charge is 0.502 e. The van der Waals surface area contributed by atoms with Crippen LogP contribution in [0, 0.1) is 10.1 Å². The van der Waals surface area contributed by atoms with E-state index in [9.17, 15) is 25.1 Å². The lowest BCUT2D eigenvalue weighted by Gasteiger charge is -2.28. The molecule has 7 heteroatoms. The van der Waals surface area contributed by atoms with Crippen molar-refractivity contribution in [2.75, 3.05) is 0 Å². The summed E-state index contributed by atoms with van der Waals surface area (Å²) in [5.41, 5.74) is -0.315. The summed E-state index contributed by atoms with van der Waals surface area (Å²) in [7, 11) is 0. The first kappa shape index (κ1) is 14.3. The number of aliphatic hydroxyl groups excluding tert-OH is 1. The Morgan fingerprint density at radius 1 is 1.35 bits per heavy atom. The molecule has 1 amide bonds. The Balaban J connectivity index is 2.09. The van der Waals surface area contributed by atoms with Gasteiger partial charge in [0.1, 0.15) is 0 Å². The van der Waals surface area contributed by atoms with Crippen molar-refractivity contribution in [3.63, 3.8) is 0 Å². The van der Waals surface area contributed by atoms with Gasteiger partial charge in [-0.3, -0.25) is 14.9 Å². The van der Waals surface area contributed by atoms with E-state index in [2.05, 4.69) is 5.32 Å². The topological polar surface area (TPSA) is 113 Å². The van der Waals surface area contributed by atoms with E-state index in [0.717, 1.165) is 25.0 Å². The van der Waals surface area contributed by atoms with E-state index in [-0.39, 0.29) is 11.6 Å². The summed E-state index contributed by atoms with van der Waals surface area (Å²) in [4.78, 5) is 21.8. The van der Waals surface area contributed by atoms with Crippen LogP contribution in [-0.2, 0) is 0 Å². The summed E-state index contributed by atoms with van der Waals surface area (Å²) in [6.07, 6.45) is 2.65. The number of hydrogen-bond acceptors (Lipinski definition) is 5. The molecule has 2 rings (SSSR count). The molecule has 1 aromatic rings. The smallest absolute Gasteiger partial charge is 0.310 e. The fraction of sp³-hybridized carbons (Fsp3) is 0.462. The second-order valence-electron chi connectivity index (χ2n) is 4.89. The van der Waals surface area contributed by atoms with Crippen LogP contribution in [0.3, 0.4) is 0 Å². The maximum Gasteiger partial charge on any atom is 0.310 e. The van der Waals surface area contributed by atoms with Crippen LogP contribution in [0.4, 0.5) is 5.69 Å². The van der Waals surface area contributed by atoms with E-state index in [0.29, 0.717) is 12.8 Å². The first-order valence-electron chi connectivity index (χ1n) is 6.45. The molecular formula is C13H16N2O5. The number of aromatic hydroxyl groups is 1. The highest BCUT2D eigenvalue weighted by Gasteiger charge is 2.25. The lowest BCUT2D eigenvalue weighted by atomic mass is 9.92. The molecule has 0 heterocycles. The average molecular weight is 280 g/mol. The maximum atomic E-state index is 12.0. The number of benzene rings is 1. The zero-order chi connectivity index (χ0) is 14.7. The Bertz CT molecular complexity index is 531. The number of amides is 1. The predicted octanol–water partition coefficient (Wildman–Crippen LogP) is 1.33. The number of nitrogens with one attached hydrogen (secondary N) is 1. The molecule has 0 bridgehead atoms. The van der Waals surface area contributed by atoms with E-state index >= 15 is 0 Å². The van der Waals surface area contributed by atoms with Gasteiger partial charge < -0.3 is 15.5 Å². The van der Waals surface area contributed by atoms with Crippen LogP contribution in [-0.4, -0.2) is 33.2 Å². The predicted molar refractivity (Wildman–Crippen MR) is 70.5 cm³/mol. The van der Waals surface area contributed by atoms with Gasteiger partial charge in [0.15, 0.2) is 5.75 Å². The van der Waals surface area contributed by atoms with Crippen molar-refractivity contribution < 1.29 is 19.9 Å². The Kier molecular flexibility index (Phi) is 4.19. The summed E-state index contributed by atoms with van der Waals surface area (Å²) in [6.45, 7) is 0. The molecule has 2 atom stereocenters. The van der Waals surface area contributed by atoms with E-state index in [1.165, 1.54) is 6.07 Å². The van der Waals surface area contributed by atoms with E-state index < -0.39 is 28.4 Å². The van der Waals surface area contributed by atoms with Gasteiger partial charge in [-0.1, -0.05) is 12.8 Å². The Morgan fingerprint density at radius 2 is 2.05 bits per heavy atom. The number of carbonyl (C=O) groups is 1. The maximum absolute atomic E-state index is 12.0. The summed E-state index contributed by atoms with van der Waals surface area (Å²) in [6, 6.07) is 3.11. The van der Waals surface area contributed by atoms with Crippen LogP contribution < -0.4 is 5.32 Å². The molecule has 1 aliphatic carbocycles. The van der Waals surface area contributed by atoms with Crippen molar-refractivity contribution in [2.45, 2.75) is 37.8 Å². The fourth-order valence-corrected chi connectivity index (χ4v) is 2.35. The first-order valence-corrected chi connectivity index (χ1v) is 6.45. The van der Waals surface area contributed by atoms with Crippen LogP contribution in [0.25, 0.3) is 0 Å². The summed E-state index contributed by atoms with van der Waals surface area (Å²) in [5.74, 6) is -1.01. The second-order valence-corrected chi connectivity index (χ2v) is 4.89. The number of phenolic OH excluding ortho intramolecular Hbond substituents is 1. The average Bonchev–Trinajstić information content (AvgIpc) is 2.40. The molecule has 3 N–H and O–H groups in total. The molecule has 108 valence electrons. The van der Waals surface area contributed by atoms with Crippen molar-refractivity contribution in [2.24, 2.45) is 0 Å². The molecule has 1 fully saturated rings. The minimum absolute atomic E-state index is 0.130. The second kappa shape index (κ2) is 5.87. The Hall–Kier alpha value is -2.15. The first-order chi connectivity index (χ1) is 9.49. The molecular weight excluding hydrogens is 264 g/mol. The summed E-state index contributed by atoms with van der Waals surface area (Å²) >= 11 is 0. The monoisotopic (exact) mass is 280 g/mol. The number of nitro groups is 1. The molecule has 0 spiro atoms. The Morgan fingerprint density at radius 3 is 2.65 bits per heavy atom. The number of aliphatic hydroxyl groups is 1. The molecule has 20 heavy (non-hydrogen) atoms. The standard InChI is InChI=1S/C13H16N2O5/c16-11-4-2-1-3-9(11)14-13(18)8-5-6-10(15(19)20)12(17)7-8/h5-7,9,11,16-17H,1-4H2,(H,14,18). The van der Waals surface area contributed by atoms with Crippen LogP contribution in [0.15, 0.2) is 18.2 Å². The van der Waals surface area contributed by atoms with Crippen molar-refractivity contribution >= 4 is 11.6 Å². The number of hydrogen-bond donors (Lipinski definition) is 3. The number of rotatable bonds is 3. The molecule has 1 aromatic carbocycles. The number of nitrogens with zero attached hydrogens (tertiary/aromatic N) is 1. The van der Waals surface area contributed by atoms with Crippen molar-refractivity contribution in [3.05, 3.63) is 33.9 Å². The molecule has 0 saturated heterocycles. The van der Waals surface area contributed by atoms with Crippen molar-refractivity contribution in [1.29, 1.82) is 0 Å². The molecule has 2 unspecified atom stereocenters. The molecule has 7 nitrogen and oxygen atoms in total. The van der Waals surface area contributed by atoms with E-state index in [1.807, 2.05) is 0 Å². The van der Waals surface area contributed by atoms with Gasteiger partial charge in [0.05, 0.1) is 17.1 Å². The van der Waals surface area contributed by atoms with Gasteiger partial charge in [-0.25, -0.2) is 0 Å². The van der Waals surface area contributed by atoms with Gasteiger partial charge in [-0.2, -0.15) is 0 Å². The lowest BCUT2D eigenvalue weighted by molar-refractivity contribution is -0.385. The Labute approximate surface area is 115 Å². The van der Waals surface area contributed by atoms with Crippen LogP contribution in [0.1, 0.15) is 36.0 Å². The van der Waals surface area contributed by atoms with Gasteiger partial charge in [0.2, 0.25) is 0 Å². The summed E-state index contributed by atoms with van der Waals surface area (Å²) in [5, 5.41) is 32.5. The lowest BCUT2D eigenvalue weighted by Crippen LogP contribution is -2.45. The number of phenols is 1. The zero-order valence-electron chi connectivity index (χ0n) is 10.8. The van der Waals surface area contributed by atoms with Gasteiger partial charge in [-0.05, 0) is 25.0 Å². The number of carbonyl (C=O) groups excluding carboxylic acids is 1. The fourth-order valence-electron chi connectivity index (χ4n) is 2.35. The quantitative estimate of drug-likeness (QED) is 0.571. The van der Waals surface area contributed by atoms with Crippen LogP contribution in [0.5, 0.6) is 5.75 Å². The van der Waals surface area contributed by atoms with Crippen LogP contribution in [0.2, 0.25) is 0 Å². The minimum atomic E-state index is -0.720. The molecule has 1 saturated carbocycles. The van der Waals surface area contributed by atoms with E-state index in [1.54, 1.807) is 0 Å². The highest BCUT2D eigenvalue weighted by molar-refractivity contribution is 5.95. The highest BCUT2D eigenvalue weighted by Crippen LogP contribution is 2.26. The molecule has 0 aliphatic heterocycles. The highest BCUT2D eigenvalue weighted by atomic mass is 16.6. The SMILES string of the molecule is O=C(NC1CCCCC1O)c1ccc([N+](=O)[O-])c(O)c1. The third-order valence-corrected chi connectivity index (χ3v) is 3.48. The third kappa shape index (κ3) is 3.05. The van der Waals surface area contributed by atoms with Gasteiger partial charge in [0, 0.05) is 11.6 Å². The minimum Gasteiger partial charge on any atom is -0.502 e. The zero-order valence-corrected chi connectivity index (χ0v) is 10.8. The molecule has 1 aliphatic rings. The van der Waals surface area contributed by atoms with Crippen LogP contribution >= 0.6 is 0 Å². The van der Waals surface area contributed by atoms with E-state index in [4.69, 9.17) is 0 Å². The van der Waals surface area contributed by atoms with Gasteiger partial charge in [0.25, 0.3) is 5.91 Å². The third-order valence-electron chi connectivity index (χ3n) is 3.48. The molecule has 0 aromatic heterocycles. The van der Waals surface area contributed by atoms with Crippen molar-refractivity contribution in [1.82, 2.24) is 5.32 Å². The number of nitro benzene ring substituents is 1. The van der Waals surface area contributed by atoms with Crippen molar-refractivity contribution in [3.8, 4) is 5.75 Å². The summed E-state index contributed by atoms with van der Waals surface area (Å²) < 4.78 is 0. The normalized spacial score (nSPS) is 22.2. The van der Waals surface area contributed by atoms with Gasteiger partial charge >= 0.3 is 5.69 Å². The van der Waals surface area contributed by atoms with Gasteiger partial charge in [-0.15, -0.1) is 0 Å².